The van der Waals surface area contributed by atoms with E-state index in [1.165, 1.54) is 29.5 Å². The van der Waals surface area contributed by atoms with E-state index in [1.54, 1.807) is 10.6 Å². The molecule has 3 rings (SSSR count). The molecule has 0 aliphatic heterocycles. The van der Waals surface area contributed by atoms with Gasteiger partial charge in [-0.2, -0.15) is 4.99 Å². The predicted molar refractivity (Wildman–Crippen MR) is 91.7 cm³/mol. The number of rotatable bonds is 2. The van der Waals surface area contributed by atoms with Crippen LogP contribution in [0.1, 0.15) is 5.69 Å². The Morgan fingerprint density at radius 3 is 2.74 bits per heavy atom. The highest BCUT2D eigenvalue weighted by molar-refractivity contribution is 7.15. The Morgan fingerprint density at radius 2 is 2.04 bits per heavy atom. The average molecular weight is 353 g/mol. The van der Waals surface area contributed by atoms with Gasteiger partial charge in [0, 0.05) is 17.1 Å². The van der Waals surface area contributed by atoms with Crippen LogP contribution >= 0.6 is 23.7 Å². The molecule has 3 aromatic rings. The van der Waals surface area contributed by atoms with Crippen molar-refractivity contribution in [1.82, 2.24) is 9.38 Å². The quantitative estimate of drug-likeness (QED) is 0.269. The summed E-state index contributed by atoms with van der Waals surface area (Å²) in [6, 6.07) is 4.11. The Morgan fingerprint density at radius 1 is 1.30 bits per heavy atom. The Hall–Kier alpha value is -2.78. The zero-order valence-corrected chi connectivity index (χ0v) is 13.2. The van der Waals surface area contributed by atoms with Gasteiger partial charge in [0.1, 0.15) is 22.9 Å². The zero-order valence-electron chi connectivity index (χ0n) is 11.6. The van der Waals surface area contributed by atoms with Crippen LogP contribution in [-0.2, 0) is 0 Å². The molecule has 0 radical (unpaired) electrons. The Kier molecular flexibility index (Phi) is 4.43. The number of phenols is 2. The first kappa shape index (κ1) is 16.6. The third-order valence-corrected chi connectivity index (χ3v) is 3.74. The van der Waals surface area contributed by atoms with Crippen molar-refractivity contribution in [2.75, 3.05) is 0 Å². The summed E-state index contributed by atoms with van der Waals surface area (Å²) in [6.45, 7) is 0. The molecule has 0 amide bonds. The van der Waals surface area contributed by atoms with Crippen molar-refractivity contribution >= 4 is 40.5 Å². The number of aromatic hydroxyl groups is 2. The van der Waals surface area contributed by atoms with Crippen molar-refractivity contribution in [3.8, 4) is 22.8 Å². The second-order valence-corrected chi connectivity index (χ2v) is 5.32. The number of nitrogens with one attached hydrogen (secondary N) is 1. The molecule has 8 nitrogen and oxygen atoms in total. The monoisotopic (exact) mass is 352 g/mol. The van der Waals surface area contributed by atoms with Gasteiger partial charge in [-0.15, -0.1) is 23.7 Å². The van der Waals surface area contributed by atoms with Crippen LogP contribution in [-0.4, -0.2) is 31.4 Å². The van der Waals surface area contributed by atoms with Crippen molar-refractivity contribution in [2.45, 2.75) is 0 Å². The number of thiazole rings is 1. The first-order chi connectivity index (χ1) is 10.5. The van der Waals surface area contributed by atoms with E-state index in [2.05, 4.69) is 9.98 Å². The first-order valence-electron chi connectivity index (χ1n) is 6.14. The molecule has 0 aliphatic rings. The number of phenolic OH excluding ortho intramolecular Hbond substituents is 2. The number of fused-ring (bicyclic) bond motifs is 1. The number of aromatic nitrogens is 2. The summed E-state index contributed by atoms with van der Waals surface area (Å²) in [5.74, 6) is -0.512. The molecule has 0 spiro atoms. The maximum atomic E-state index is 10.0. The molecule has 1 aromatic carbocycles. The number of nitrogens with zero attached hydrogens (tertiary/aromatic N) is 3. The van der Waals surface area contributed by atoms with Crippen LogP contribution in [0.4, 0.5) is 0 Å². The molecule has 0 bridgehead atoms. The molecule has 7 N–H and O–H groups in total. The van der Waals surface area contributed by atoms with Gasteiger partial charge in [-0.3, -0.25) is 9.81 Å². The van der Waals surface area contributed by atoms with E-state index in [0.717, 1.165) is 0 Å². The van der Waals surface area contributed by atoms with Gasteiger partial charge in [0.05, 0.1) is 0 Å². The summed E-state index contributed by atoms with van der Waals surface area (Å²) in [4.78, 5) is 8.79. The molecule has 0 atom stereocenters. The lowest BCUT2D eigenvalue weighted by atomic mass is 10.1. The van der Waals surface area contributed by atoms with Crippen LogP contribution < -0.4 is 11.5 Å². The van der Waals surface area contributed by atoms with E-state index in [0.29, 0.717) is 21.9 Å². The lowest BCUT2D eigenvalue weighted by Gasteiger charge is -2.06. The Bertz CT molecular complexity index is 916. The highest BCUT2D eigenvalue weighted by Crippen LogP contribution is 2.35. The fourth-order valence-electron chi connectivity index (χ4n) is 2.11. The molecule has 2 heterocycles. The van der Waals surface area contributed by atoms with Crippen LogP contribution in [0.25, 0.3) is 16.2 Å². The minimum absolute atomic E-state index is 0. The summed E-state index contributed by atoms with van der Waals surface area (Å²) in [5.41, 5.74) is 12.2. The van der Waals surface area contributed by atoms with Crippen LogP contribution in [0.5, 0.6) is 11.5 Å². The van der Waals surface area contributed by atoms with Crippen LogP contribution in [0.15, 0.2) is 34.8 Å². The molecule has 2 aromatic heterocycles. The molecular weight excluding hydrogens is 340 g/mol. The van der Waals surface area contributed by atoms with E-state index >= 15 is 0 Å². The van der Waals surface area contributed by atoms with Crippen LogP contribution in [0.3, 0.4) is 0 Å². The normalized spacial score (nSPS) is 11.4. The first-order valence-corrected chi connectivity index (χ1v) is 7.02. The maximum absolute atomic E-state index is 10.0. The fraction of sp³-hybridized carbons (Fsp3) is 0. The summed E-state index contributed by atoms with van der Waals surface area (Å²) in [6.07, 6.45) is 1.74. The number of hydrogen-bond acceptors (Lipinski definition) is 5. The number of hydrogen-bond donors (Lipinski definition) is 5. The predicted octanol–water partition coefficient (Wildman–Crippen LogP) is 1.49. The number of benzene rings is 1. The van der Waals surface area contributed by atoms with Gasteiger partial charge in [0.2, 0.25) is 5.96 Å². The topological polar surface area (TPSA) is 146 Å². The van der Waals surface area contributed by atoms with Crippen molar-refractivity contribution in [1.29, 1.82) is 5.41 Å². The van der Waals surface area contributed by atoms with E-state index < -0.39 is 5.96 Å². The maximum Gasteiger partial charge on any atom is 0.214 e. The lowest BCUT2D eigenvalue weighted by molar-refractivity contribution is 0.461. The number of imidazole rings is 1. The van der Waals surface area contributed by atoms with E-state index in [-0.39, 0.29) is 29.7 Å². The molecule has 0 saturated carbocycles. The summed E-state index contributed by atoms with van der Waals surface area (Å²) < 4.78 is 1.69. The van der Waals surface area contributed by atoms with Gasteiger partial charge in [-0.05, 0) is 18.2 Å². The third-order valence-electron chi connectivity index (χ3n) is 2.98. The van der Waals surface area contributed by atoms with Gasteiger partial charge in [-0.25, -0.2) is 4.98 Å². The second-order valence-electron chi connectivity index (χ2n) is 4.45. The molecule has 0 aliphatic carbocycles. The summed E-state index contributed by atoms with van der Waals surface area (Å²) in [7, 11) is 0. The Labute approximate surface area is 140 Å². The van der Waals surface area contributed by atoms with Gasteiger partial charge >= 0.3 is 0 Å². The van der Waals surface area contributed by atoms with Crippen molar-refractivity contribution in [2.24, 2.45) is 16.5 Å². The summed E-state index contributed by atoms with van der Waals surface area (Å²) in [5, 5.41) is 28.7. The van der Waals surface area contributed by atoms with Gasteiger partial charge in [0.25, 0.3) is 0 Å². The summed E-state index contributed by atoms with van der Waals surface area (Å²) >= 11 is 1.38. The zero-order chi connectivity index (χ0) is 15.9. The molecular formula is C13H13ClN6O2S. The average Bonchev–Trinajstić information content (AvgIpc) is 3.00. The van der Waals surface area contributed by atoms with Gasteiger partial charge < -0.3 is 21.7 Å². The standard InChI is InChI=1S/C13H12N6O2S.ClH/c14-11(18-12(15)16)10-9(17-13-19(10)3-4-22-13)7-5-6(20)1-2-8(7)21;/h1-5,20-21H,(H5,14,15,16,18);1H. The van der Waals surface area contributed by atoms with Crippen LogP contribution in [0.2, 0.25) is 0 Å². The highest BCUT2D eigenvalue weighted by atomic mass is 35.5. The van der Waals surface area contributed by atoms with E-state index in [9.17, 15) is 10.2 Å². The molecule has 120 valence electrons. The molecule has 0 fully saturated rings. The molecule has 23 heavy (non-hydrogen) atoms. The van der Waals surface area contributed by atoms with Crippen LogP contribution in [0, 0.1) is 5.41 Å². The number of nitrogens with two attached hydrogens (primary N) is 2. The largest absolute Gasteiger partial charge is 0.508 e. The number of amidine groups is 1. The van der Waals surface area contributed by atoms with Gasteiger partial charge in [-0.1, -0.05) is 0 Å². The van der Waals surface area contributed by atoms with Crippen molar-refractivity contribution in [3.63, 3.8) is 0 Å². The second kappa shape index (κ2) is 6.15. The fourth-order valence-corrected chi connectivity index (χ4v) is 2.83. The van der Waals surface area contributed by atoms with Gasteiger partial charge in [0.15, 0.2) is 10.8 Å². The number of aliphatic imine (C=N–C) groups is 1. The smallest absolute Gasteiger partial charge is 0.214 e. The number of halogens is 1. The minimum Gasteiger partial charge on any atom is -0.508 e. The van der Waals surface area contributed by atoms with Crippen molar-refractivity contribution in [3.05, 3.63) is 35.5 Å². The lowest BCUT2D eigenvalue weighted by Crippen LogP contribution is -2.21. The van der Waals surface area contributed by atoms with E-state index in [4.69, 9.17) is 16.9 Å². The highest BCUT2D eigenvalue weighted by Gasteiger charge is 2.20. The Balaban J connectivity index is 0.00000192. The molecule has 0 unspecified atom stereocenters. The SMILES string of the molecule is Cl.N=C(N)/N=C(\N)c1c(-c2cc(O)ccc2O)nc2sccn12. The third kappa shape index (κ3) is 2.91. The molecule has 10 heteroatoms. The van der Waals surface area contributed by atoms with E-state index in [1.807, 2.05) is 5.38 Å². The van der Waals surface area contributed by atoms with Crippen molar-refractivity contribution < 1.29 is 10.2 Å². The molecule has 0 saturated heterocycles. The number of guanidine groups is 1. The minimum atomic E-state index is -0.436.